The number of ether oxygens (including phenoxy) is 2. The van der Waals surface area contributed by atoms with Gasteiger partial charge in [-0.2, -0.15) is 0 Å². The van der Waals surface area contributed by atoms with Crippen LogP contribution in [0.4, 0.5) is 0 Å². The minimum atomic E-state index is -0.861. The van der Waals surface area contributed by atoms with Crippen molar-refractivity contribution >= 4 is 35.0 Å². The lowest BCUT2D eigenvalue weighted by molar-refractivity contribution is -0.139. The minimum Gasteiger partial charge on any atom is -0.507 e. The number of hydrogen-bond acceptors (Lipinski definition) is 7. The molecule has 0 radical (unpaired) electrons. The molecule has 37 heavy (non-hydrogen) atoms. The van der Waals surface area contributed by atoms with Crippen LogP contribution in [0.25, 0.3) is 5.76 Å². The van der Waals surface area contributed by atoms with Crippen LogP contribution in [-0.4, -0.2) is 57.5 Å². The summed E-state index contributed by atoms with van der Waals surface area (Å²) in [5.74, 6) is -1.93. The zero-order chi connectivity index (χ0) is 26.5. The number of ketones is 1. The van der Waals surface area contributed by atoms with E-state index in [0.717, 1.165) is 0 Å². The standard InChI is InChI=1S/C27H26ClN3O6/c1-3-37-21-10-9-19(15-20(21)28)24(32)22-23(17-5-7-18(8-6-17)27(35)36-2)31(26(34)25(22)33)13-4-12-30-14-11-29-16-30/h5-11,14-16,23,32H,3-4,12-13H2,1-2H3/t23-/m1/s1. The van der Waals surface area contributed by atoms with Crippen molar-refractivity contribution in [3.05, 3.63) is 88.5 Å². The Morgan fingerprint density at radius 2 is 1.84 bits per heavy atom. The van der Waals surface area contributed by atoms with Crippen molar-refractivity contribution in [2.75, 3.05) is 20.3 Å². The van der Waals surface area contributed by atoms with Crippen LogP contribution in [0, 0.1) is 0 Å². The van der Waals surface area contributed by atoms with Gasteiger partial charge in [0.1, 0.15) is 11.5 Å². The number of aromatic nitrogens is 2. The molecule has 0 aliphatic carbocycles. The molecule has 1 amide bonds. The van der Waals surface area contributed by atoms with Crippen molar-refractivity contribution in [1.82, 2.24) is 14.5 Å². The second kappa shape index (κ2) is 11.3. The summed E-state index contributed by atoms with van der Waals surface area (Å²) in [6, 6.07) is 10.2. The molecule has 0 unspecified atom stereocenters. The van der Waals surface area contributed by atoms with Gasteiger partial charge in [-0.1, -0.05) is 23.7 Å². The number of amides is 1. The summed E-state index contributed by atoms with van der Waals surface area (Å²) in [4.78, 5) is 43.7. The number of carbonyl (C=O) groups excluding carboxylic acids is 3. The summed E-state index contributed by atoms with van der Waals surface area (Å²) in [6.07, 6.45) is 5.70. The Balaban J connectivity index is 1.74. The first-order valence-electron chi connectivity index (χ1n) is 11.7. The van der Waals surface area contributed by atoms with E-state index in [9.17, 15) is 19.5 Å². The van der Waals surface area contributed by atoms with Gasteiger partial charge in [-0.3, -0.25) is 9.59 Å². The van der Waals surface area contributed by atoms with E-state index in [-0.39, 0.29) is 28.5 Å². The van der Waals surface area contributed by atoms with E-state index in [0.29, 0.717) is 36.4 Å². The second-order valence-corrected chi connectivity index (χ2v) is 8.75. The first kappa shape index (κ1) is 26.0. The number of aliphatic hydroxyl groups is 1. The predicted molar refractivity (Wildman–Crippen MR) is 136 cm³/mol. The molecule has 1 atom stereocenters. The molecule has 0 spiro atoms. The number of halogens is 1. The minimum absolute atomic E-state index is 0.0568. The van der Waals surface area contributed by atoms with Crippen LogP contribution in [-0.2, 0) is 20.9 Å². The average Bonchev–Trinajstić information content (AvgIpc) is 3.51. The topological polar surface area (TPSA) is 111 Å². The van der Waals surface area contributed by atoms with Crippen LogP contribution in [0.1, 0.15) is 40.9 Å². The van der Waals surface area contributed by atoms with Gasteiger partial charge < -0.3 is 24.0 Å². The summed E-state index contributed by atoms with van der Waals surface area (Å²) in [5, 5.41) is 11.5. The zero-order valence-corrected chi connectivity index (χ0v) is 21.1. The Morgan fingerprint density at radius 1 is 1.11 bits per heavy atom. The summed E-state index contributed by atoms with van der Waals surface area (Å²) >= 11 is 6.31. The Kier molecular flexibility index (Phi) is 7.93. The number of methoxy groups -OCH3 is 1. The monoisotopic (exact) mass is 523 g/mol. The smallest absolute Gasteiger partial charge is 0.337 e. The number of aliphatic hydroxyl groups excluding tert-OH is 1. The Morgan fingerprint density at radius 3 is 2.46 bits per heavy atom. The van der Waals surface area contributed by atoms with Crippen LogP contribution in [0.5, 0.6) is 5.75 Å². The number of carbonyl (C=O) groups is 3. The molecule has 10 heteroatoms. The SMILES string of the molecule is CCOc1ccc(C(O)=C2C(=O)C(=O)N(CCCn3ccnc3)[C@@H]2c2ccc(C(=O)OC)cc2)cc1Cl. The summed E-state index contributed by atoms with van der Waals surface area (Å²) in [7, 11) is 1.29. The number of likely N-dealkylation sites (tertiary alicyclic amines) is 1. The van der Waals surface area contributed by atoms with E-state index in [2.05, 4.69) is 4.98 Å². The molecule has 1 fully saturated rings. The summed E-state index contributed by atoms with van der Waals surface area (Å²) in [5.41, 5.74) is 1.11. The van der Waals surface area contributed by atoms with E-state index in [1.165, 1.54) is 18.1 Å². The molecule has 0 bridgehead atoms. The Hall–Kier alpha value is -4.11. The lowest BCUT2D eigenvalue weighted by atomic mass is 9.94. The predicted octanol–water partition coefficient (Wildman–Crippen LogP) is 4.23. The van der Waals surface area contributed by atoms with Crippen LogP contribution in [0.15, 0.2) is 66.8 Å². The highest BCUT2D eigenvalue weighted by Crippen LogP contribution is 2.40. The van der Waals surface area contributed by atoms with E-state index < -0.39 is 23.7 Å². The van der Waals surface area contributed by atoms with Crippen molar-refractivity contribution in [3.63, 3.8) is 0 Å². The normalized spacial score (nSPS) is 16.7. The van der Waals surface area contributed by atoms with Gasteiger partial charge in [0.25, 0.3) is 11.7 Å². The first-order valence-corrected chi connectivity index (χ1v) is 12.1. The van der Waals surface area contributed by atoms with Gasteiger partial charge in [-0.05, 0) is 49.2 Å². The third kappa shape index (κ3) is 5.36. The number of hydrogen-bond donors (Lipinski definition) is 1. The largest absolute Gasteiger partial charge is 0.507 e. The third-order valence-corrected chi connectivity index (χ3v) is 6.36. The number of benzene rings is 2. The molecule has 1 saturated heterocycles. The summed E-state index contributed by atoms with van der Waals surface area (Å²) in [6.45, 7) is 3.08. The molecular formula is C27H26ClN3O6. The fraction of sp³-hybridized carbons (Fsp3) is 0.259. The first-order chi connectivity index (χ1) is 17.8. The lowest BCUT2D eigenvalue weighted by Crippen LogP contribution is -2.31. The van der Waals surface area contributed by atoms with Crippen LogP contribution in [0.2, 0.25) is 5.02 Å². The highest BCUT2D eigenvalue weighted by atomic mass is 35.5. The fourth-order valence-electron chi connectivity index (χ4n) is 4.30. The van der Waals surface area contributed by atoms with E-state index >= 15 is 0 Å². The number of rotatable bonds is 9. The Bertz CT molecular complexity index is 1330. The van der Waals surface area contributed by atoms with Crippen molar-refractivity contribution in [1.29, 1.82) is 0 Å². The quantitative estimate of drug-likeness (QED) is 0.193. The van der Waals surface area contributed by atoms with Crippen LogP contribution >= 0.6 is 11.6 Å². The van der Waals surface area contributed by atoms with Gasteiger partial charge in [0.15, 0.2) is 0 Å². The molecule has 1 N–H and O–H groups in total. The van der Waals surface area contributed by atoms with E-state index in [1.54, 1.807) is 48.9 Å². The summed E-state index contributed by atoms with van der Waals surface area (Å²) < 4.78 is 12.1. The number of imidazole rings is 1. The maximum absolute atomic E-state index is 13.2. The maximum Gasteiger partial charge on any atom is 0.337 e. The molecule has 192 valence electrons. The average molecular weight is 524 g/mol. The van der Waals surface area contributed by atoms with E-state index in [1.807, 2.05) is 17.7 Å². The molecule has 4 rings (SSSR count). The lowest BCUT2D eigenvalue weighted by Gasteiger charge is -2.25. The van der Waals surface area contributed by atoms with Gasteiger partial charge in [-0.15, -0.1) is 0 Å². The second-order valence-electron chi connectivity index (χ2n) is 8.34. The van der Waals surface area contributed by atoms with Gasteiger partial charge in [0.2, 0.25) is 0 Å². The zero-order valence-electron chi connectivity index (χ0n) is 20.4. The van der Waals surface area contributed by atoms with Crippen molar-refractivity contribution in [3.8, 4) is 5.75 Å². The highest BCUT2D eigenvalue weighted by Gasteiger charge is 2.45. The molecule has 3 aromatic rings. The highest BCUT2D eigenvalue weighted by molar-refractivity contribution is 6.46. The van der Waals surface area contributed by atoms with Gasteiger partial charge in [0, 0.05) is 31.0 Å². The number of aryl methyl sites for hydroxylation is 1. The van der Waals surface area contributed by atoms with Crippen LogP contribution < -0.4 is 4.74 Å². The molecule has 1 aliphatic rings. The molecular weight excluding hydrogens is 498 g/mol. The van der Waals surface area contributed by atoms with E-state index in [4.69, 9.17) is 21.1 Å². The fourth-order valence-corrected chi connectivity index (χ4v) is 4.53. The van der Waals surface area contributed by atoms with Crippen LogP contribution in [0.3, 0.4) is 0 Å². The van der Waals surface area contributed by atoms with Crippen molar-refractivity contribution < 1.29 is 29.0 Å². The number of esters is 1. The molecule has 9 nitrogen and oxygen atoms in total. The maximum atomic E-state index is 13.2. The molecule has 1 aromatic heterocycles. The molecule has 0 saturated carbocycles. The van der Waals surface area contributed by atoms with Gasteiger partial charge in [0.05, 0.1) is 42.2 Å². The molecule has 2 aromatic carbocycles. The number of Topliss-reactive ketones (excluding diaryl/α,β-unsaturated/α-hetero) is 1. The van der Waals surface area contributed by atoms with Gasteiger partial charge in [-0.25, -0.2) is 9.78 Å². The molecule has 2 heterocycles. The number of nitrogens with zero attached hydrogens (tertiary/aromatic N) is 3. The van der Waals surface area contributed by atoms with Crippen molar-refractivity contribution in [2.45, 2.75) is 25.9 Å². The molecule has 1 aliphatic heterocycles. The van der Waals surface area contributed by atoms with Crippen molar-refractivity contribution in [2.24, 2.45) is 0 Å². The Labute approximate surface area is 218 Å². The third-order valence-electron chi connectivity index (χ3n) is 6.07. The van der Waals surface area contributed by atoms with Gasteiger partial charge >= 0.3 is 5.97 Å².